The second kappa shape index (κ2) is 10.6. The lowest BCUT2D eigenvalue weighted by Crippen LogP contribution is -2.46. The molecule has 0 bridgehead atoms. The zero-order valence-corrected chi connectivity index (χ0v) is 19.6. The molecule has 5 aliphatic rings. The summed E-state index contributed by atoms with van der Waals surface area (Å²) in [7, 11) is 1.37. The fourth-order valence-corrected chi connectivity index (χ4v) is 5.41. The van der Waals surface area contributed by atoms with Crippen LogP contribution in [0.25, 0.3) is 11.1 Å². The van der Waals surface area contributed by atoms with Crippen LogP contribution in [0.2, 0.25) is 0 Å². The van der Waals surface area contributed by atoms with E-state index in [-0.39, 0.29) is 36.2 Å². The summed E-state index contributed by atoms with van der Waals surface area (Å²) in [6.07, 6.45) is 8.73. The second-order valence-electron chi connectivity index (χ2n) is 9.22. The van der Waals surface area contributed by atoms with Gasteiger partial charge in [0.05, 0.1) is 32.8 Å². The monoisotopic (exact) mass is 454 g/mol. The molecular formula is C26H34N2O5. The lowest BCUT2D eigenvalue weighted by molar-refractivity contribution is -0.154. The maximum Gasteiger partial charge on any atom is 0.410 e. The van der Waals surface area contributed by atoms with Gasteiger partial charge in [-0.2, -0.15) is 0 Å². The number of hydrogen-bond donors (Lipinski definition) is 0. The van der Waals surface area contributed by atoms with Crippen LogP contribution in [0.1, 0.15) is 37.7 Å². The number of aryl methyl sites for hydroxylation is 1. The van der Waals surface area contributed by atoms with Crippen LogP contribution in [0, 0.1) is 25.2 Å². The van der Waals surface area contributed by atoms with Crippen molar-refractivity contribution in [1.82, 2.24) is 9.80 Å². The van der Waals surface area contributed by atoms with Crippen molar-refractivity contribution in [2.24, 2.45) is 5.92 Å². The topological polar surface area (TPSA) is 68.3 Å². The summed E-state index contributed by atoms with van der Waals surface area (Å²) in [5.41, 5.74) is 4.36. The molecule has 1 amide bonds. The number of ether oxygens (including phenoxy) is 3. The van der Waals surface area contributed by atoms with Gasteiger partial charge in [-0.25, -0.2) is 4.79 Å². The Labute approximate surface area is 196 Å². The van der Waals surface area contributed by atoms with Gasteiger partial charge in [-0.3, -0.25) is 14.6 Å². The van der Waals surface area contributed by atoms with E-state index in [0.717, 1.165) is 45.6 Å². The number of amides is 1. The smallest absolute Gasteiger partial charge is 0.410 e. The SMILES string of the molecule is C#CC1C[C@H]2[C@@H](OC(=O)CCN3CCOCC3)CCC[C@H]2N1C(=O)OC.Cc1cc2ccc1-2. The van der Waals surface area contributed by atoms with E-state index in [0.29, 0.717) is 19.4 Å². The number of rotatable bonds is 4. The molecule has 2 aliphatic heterocycles. The third-order valence-electron chi connectivity index (χ3n) is 7.28. The van der Waals surface area contributed by atoms with Gasteiger partial charge in [-0.1, -0.05) is 24.1 Å². The molecule has 3 fully saturated rings. The lowest BCUT2D eigenvalue weighted by atomic mass is 9.82. The minimum absolute atomic E-state index is 0.00528. The molecule has 7 heteroatoms. The highest BCUT2D eigenvalue weighted by molar-refractivity contribution is 5.80. The maximum atomic E-state index is 12.3. The number of fused-ring (bicyclic) bond motifs is 2. The molecule has 1 unspecified atom stereocenters. The normalized spacial score (nSPS) is 27.5. The molecule has 2 saturated heterocycles. The summed E-state index contributed by atoms with van der Waals surface area (Å²) in [5.74, 6) is 2.62. The molecule has 0 spiro atoms. The predicted molar refractivity (Wildman–Crippen MR) is 125 cm³/mol. The summed E-state index contributed by atoms with van der Waals surface area (Å²) < 4.78 is 16.0. The van der Waals surface area contributed by atoms with Crippen LogP contribution >= 0.6 is 0 Å². The number of carbonyl (C=O) groups excluding carboxylic acids is 2. The van der Waals surface area contributed by atoms with Crippen LogP contribution in [0.3, 0.4) is 0 Å². The fraction of sp³-hybridized carbons (Fsp3) is 0.615. The summed E-state index contributed by atoms with van der Waals surface area (Å²) in [5, 5.41) is 0. The highest BCUT2D eigenvalue weighted by atomic mass is 16.5. The van der Waals surface area contributed by atoms with Gasteiger partial charge in [0.2, 0.25) is 0 Å². The van der Waals surface area contributed by atoms with Crippen LogP contribution in [-0.2, 0) is 19.0 Å². The average molecular weight is 455 g/mol. The van der Waals surface area contributed by atoms with Crippen molar-refractivity contribution in [3.8, 4) is 23.5 Å². The molecule has 0 aromatic carbocycles. The van der Waals surface area contributed by atoms with Gasteiger partial charge in [-0.05, 0) is 49.3 Å². The quantitative estimate of drug-likeness (QED) is 0.522. The molecular weight excluding hydrogens is 420 g/mol. The number of nitrogens with zero attached hydrogens (tertiary/aromatic N) is 2. The molecule has 7 nitrogen and oxygen atoms in total. The van der Waals surface area contributed by atoms with E-state index in [4.69, 9.17) is 20.6 Å². The van der Waals surface area contributed by atoms with Crippen LogP contribution in [-0.4, -0.2) is 80.0 Å². The first kappa shape index (κ1) is 23.6. The molecule has 178 valence electrons. The van der Waals surface area contributed by atoms with Crippen LogP contribution in [0.5, 0.6) is 0 Å². The van der Waals surface area contributed by atoms with Crippen molar-refractivity contribution in [1.29, 1.82) is 0 Å². The van der Waals surface area contributed by atoms with Crippen molar-refractivity contribution >= 4 is 12.1 Å². The molecule has 1 saturated carbocycles. The number of hydrogen-bond acceptors (Lipinski definition) is 6. The zero-order chi connectivity index (χ0) is 23.4. The molecule has 33 heavy (non-hydrogen) atoms. The number of terminal acetylenes is 1. The van der Waals surface area contributed by atoms with Crippen molar-refractivity contribution < 1.29 is 23.8 Å². The second-order valence-corrected chi connectivity index (χ2v) is 9.22. The minimum Gasteiger partial charge on any atom is -0.462 e. The molecule has 2 heterocycles. The van der Waals surface area contributed by atoms with Crippen molar-refractivity contribution in [2.45, 2.75) is 57.2 Å². The van der Waals surface area contributed by atoms with Crippen LogP contribution < -0.4 is 0 Å². The summed E-state index contributed by atoms with van der Waals surface area (Å²) in [6.45, 7) is 6.00. The molecule has 0 aromatic heterocycles. The van der Waals surface area contributed by atoms with Gasteiger partial charge in [-0.15, -0.1) is 6.42 Å². The van der Waals surface area contributed by atoms with Crippen molar-refractivity contribution in [3.05, 3.63) is 23.8 Å². The van der Waals surface area contributed by atoms with E-state index in [2.05, 4.69) is 35.9 Å². The van der Waals surface area contributed by atoms with Gasteiger partial charge < -0.3 is 14.2 Å². The summed E-state index contributed by atoms with van der Waals surface area (Å²) in [6, 6.07) is 6.21. The average Bonchev–Trinajstić information content (AvgIpc) is 3.21. The molecule has 0 aromatic rings. The standard InChI is InChI=1S/C19H28N2O5.C7H6/c1-3-14-13-15-16(21(14)19(23)24-2)5-4-6-17(15)26-18(22)7-8-20-9-11-25-12-10-20;1-5-4-6-2-3-7(5)6/h1,14-17H,4-13H2,2H3;2-4H,1H3/t14?,15-,16-,17+;/m1./s1. The van der Waals surface area contributed by atoms with Gasteiger partial charge >= 0.3 is 12.1 Å². The fourth-order valence-electron chi connectivity index (χ4n) is 5.41. The minimum atomic E-state index is -0.389. The zero-order valence-electron chi connectivity index (χ0n) is 19.6. The van der Waals surface area contributed by atoms with E-state index >= 15 is 0 Å². The van der Waals surface area contributed by atoms with Crippen LogP contribution in [0.15, 0.2) is 18.2 Å². The van der Waals surface area contributed by atoms with E-state index < -0.39 is 0 Å². The van der Waals surface area contributed by atoms with Gasteiger partial charge in [0, 0.05) is 31.6 Å². The highest BCUT2D eigenvalue weighted by Crippen LogP contribution is 2.41. The Bertz CT molecular complexity index is 904. The third kappa shape index (κ3) is 5.18. The largest absolute Gasteiger partial charge is 0.462 e. The molecule has 3 aliphatic carbocycles. The van der Waals surface area contributed by atoms with Crippen molar-refractivity contribution in [3.63, 3.8) is 0 Å². The van der Waals surface area contributed by atoms with Gasteiger partial charge in [0.1, 0.15) is 6.10 Å². The first-order chi connectivity index (χ1) is 16.0. The third-order valence-corrected chi connectivity index (χ3v) is 7.28. The van der Waals surface area contributed by atoms with E-state index in [1.807, 2.05) is 0 Å². The Kier molecular flexibility index (Phi) is 7.56. The lowest BCUT2D eigenvalue weighted by Gasteiger charge is -2.36. The Morgan fingerprint density at radius 3 is 2.58 bits per heavy atom. The van der Waals surface area contributed by atoms with E-state index in [9.17, 15) is 9.59 Å². The van der Waals surface area contributed by atoms with Crippen molar-refractivity contribution in [2.75, 3.05) is 40.0 Å². The Balaban J connectivity index is 0.000000310. The van der Waals surface area contributed by atoms with Crippen LogP contribution in [0.4, 0.5) is 4.79 Å². The number of methoxy groups -OCH3 is 1. The number of carbonyl (C=O) groups is 2. The molecule has 0 N–H and O–H groups in total. The number of esters is 1. The number of likely N-dealkylation sites (tertiary alicyclic amines) is 1. The summed E-state index contributed by atoms with van der Waals surface area (Å²) in [4.78, 5) is 28.4. The predicted octanol–water partition coefficient (Wildman–Crippen LogP) is 3.24. The van der Waals surface area contributed by atoms with Gasteiger partial charge in [0.25, 0.3) is 0 Å². The van der Waals surface area contributed by atoms with E-state index in [1.165, 1.54) is 23.8 Å². The molecule has 4 atom stereocenters. The Morgan fingerprint density at radius 2 is 2.03 bits per heavy atom. The Hall–Kier alpha value is -2.56. The summed E-state index contributed by atoms with van der Waals surface area (Å²) >= 11 is 0. The first-order valence-corrected chi connectivity index (χ1v) is 11.9. The molecule has 5 rings (SSSR count). The number of morpholine rings is 1. The highest BCUT2D eigenvalue weighted by Gasteiger charge is 2.49. The van der Waals surface area contributed by atoms with Gasteiger partial charge in [0.15, 0.2) is 0 Å². The first-order valence-electron chi connectivity index (χ1n) is 11.9. The number of benzene rings is 1. The molecule has 0 radical (unpaired) electrons. The van der Waals surface area contributed by atoms with E-state index in [1.54, 1.807) is 4.90 Å². The Morgan fingerprint density at radius 1 is 1.24 bits per heavy atom. The maximum absolute atomic E-state index is 12.3.